The molecule has 2 aliphatic heterocycles. The number of aromatic nitrogens is 4. The topological polar surface area (TPSA) is 99.2 Å². The Labute approximate surface area is 215 Å². The predicted molar refractivity (Wildman–Crippen MR) is 143 cm³/mol. The summed E-state index contributed by atoms with van der Waals surface area (Å²) in [5, 5.41) is 24.4. The van der Waals surface area contributed by atoms with E-state index in [1.807, 2.05) is 12.1 Å². The van der Waals surface area contributed by atoms with E-state index in [4.69, 9.17) is 0 Å². The van der Waals surface area contributed by atoms with E-state index >= 15 is 0 Å². The van der Waals surface area contributed by atoms with Crippen LogP contribution >= 0.6 is 23.1 Å². The van der Waals surface area contributed by atoms with Crippen molar-refractivity contribution in [3.05, 3.63) is 18.3 Å². The Morgan fingerprint density at radius 1 is 1.11 bits per heavy atom. The van der Waals surface area contributed by atoms with E-state index in [0.717, 1.165) is 61.8 Å². The van der Waals surface area contributed by atoms with Crippen molar-refractivity contribution < 1.29 is 4.79 Å². The van der Waals surface area contributed by atoms with Gasteiger partial charge in [-0.05, 0) is 55.6 Å². The first-order valence-electron chi connectivity index (χ1n) is 12.7. The normalized spacial score (nSPS) is 25.5. The van der Waals surface area contributed by atoms with Crippen molar-refractivity contribution >= 4 is 45.1 Å². The number of hydrogen-bond donors (Lipinski definition) is 2. The van der Waals surface area contributed by atoms with E-state index < -0.39 is 0 Å². The van der Waals surface area contributed by atoms with E-state index in [2.05, 4.69) is 54.7 Å². The Morgan fingerprint density at radius 3 is 2.74 bits per heavy atom. The smallest absolute Gasteiger partial charge is 0.240 e. The van der Waals surface area contributed by atoms with Crippen LogP contribution in [0.4, 0.5) is 16.1 Å². The molecule has 1 unspecified atom stereocenters. The van der Waals surface area contributed by atoms with E-state index in [0.29, 0.717) is 10.5 Å². The highest BCUT2D eigenvalue weighted by atomic mass is 32.2. The number of hydrogen-bond acceptors (Lipinski definition) is 10. The minimum Gasteiger partial charge on any atom is -0.355 e. The van der Waals surface area contributed by atoms with Crippen LogP contribution in [0.2, 0.25) is 0 Å². The van der Waals surface area contributed by atoms with Gasteiger partial charge in [0.05, 0.1) is 5.25 Å². The van der Waals surface area contributed by atoms with Crippen molar-refractivity contribution in [3.8, 4) is 0 Å². The lowest BCUT2D eigenvalue weighted by Crippen LogP contribution is -2.45. The second kappa shape index (κ2) is 11.0. The van der Waals surface area contributed by atoms with Gasteiger partial charge in [0, 0.05) is 50.7 Å². The molecule has 3 aliphatic rings. The minimum atomic E-state index is -0.0561. The first-order valence-corrected chi connectivity index (χ1v) is 14.6. The van der Waals surface area contributed by atoms with Crippen molar-refractivity contribution in [3.63, 3.8) is 0 Å². The number of amides is 1. The highest BCUT2D eigenvalue weighted by Crippen LogP contribution is 2.38. The maximum atomic E-state index is 13.0. The minimum absolute atomic E-state index is 0.0434. The molecule has 2 saturated heterocycles. The summed E-state index contributed by atoms with van der Waals surface area (Å²) in [6, 6.07) is 4.15. The number of nitrogens with zero attached hydrogens (tertiary/aromatic N) is 6. The molecule has 1 aliphatic carbocycles. The largest absolute Gasteiger partial charge is 0.355 e. The van der Waals surface area contributed by atoms with Crippen LogP contribution < -0.4 is 15.5 Å². The van der Waals surface area contributed by atoms with Crippen LogP contribution in [-0.2, 0) is 4.79 Å². The molecule has 0 spiro atoms. The third-order valence-corrected chi connectivity index (χ3v) is 9.43. The molecule has 1 amide bonds. The summed E-state index contributed by atoms with van der Waals surface area (Å²) in [5.74, 6) is 2.71. The average Bonchev–Trinajstić information content (AvgIpc) is 3.51. The van der Waals surface area contributed by atoms with E-state index in [1.165, 1.54) is 37.0 Å². The van der Waals surface area contributed by atoms with Crippen molar-refractivity contribution in [1.29, 1.82) is 0 Å². The van der Waals surface area contributed by atoms with E-state index in [1.54, 1.807) is 18.0 Å². The molecular weight excluding hydrogens is 480 g/mol. The monoisotopic (exact) mass is 516 g/mol. The van der Waals surface area contributed by atoms with Gasteiger partial charge in [-0.1, -0.05) is 25.2 Å². The Hall–Kier alpha value is -1.98. The zero-order chi connectivity index (χ0) is 24.3. The molecule has 0 aromatic carbocycles. The highest BCUT2D eigenvalue weighted by molar-refractivity contribution is 8.00. The van der Waals surface area contributed by atoms with Gasteiger partial charge in [0.2, 0.25) is 16.2 Å². The molecule has 11 heteroatoms. The lowest BCUT2D eigenvalue weighted by molar-refractivity contribution is -0.116. The maximum absolute atomic E-state index is 13.0. The fraction of sp³-hybridized carbons (Fsp3) is 0.708. The lowest BCUT2D eigenvalue weighted by Gasteiger charge is -2.38. The van der Waals surface area contributed by atoms with Crippen molar-refractivity contribution in [2.24, 2.45) is 11.3 Å². The first-order chi connectivity index (χ1) is 16.9. The third kappa shape index (κ3) is 6.62. The van der Waals surface area contributed by atoms with Crippen molar-refractivity contribution in [1.82, 2.24) is 25.3 Å². The summed E-state index contributed by atoms with van der Waals surface area (Å²) in [5.41, 5.74) is 0.500. The van der Waals surface area contributed by atoms with Crippen molar-refractivity contribution in [2.45, 2.75) is 57.2 Å². The molecule has 1 saturated carbocycles. The maximum Gasteiger partial charge on any atom is 0.240 e. The van der Waals surface area contributed by atoms with Crippen LogP contribution in [0, 0.1) is 11.3 Å². The molecule has 2 N–H and O–H groups in total. The Morgan fingerprint density at radius 2 is 1.94 bits per heavy atom. The Bertz CT molecular complexity index is 977. The molecular formula is C24H36N8OS2. The van der Waals surface area contributed by atoms with Crippen LogP contribution in [0.25, 0.3) is 0 Å². The van der Waals surface area contributed by atoms with Gasteiger partial charge in [-0.3, -0.25) is 10.1 Å². The molecule has 3 fully saturated rings. The van der Waals surface area contributed by atoms with Crippen LogP contribution in [0.15, 0.2) is 18.3 Å². The molecule has 0 bridgehead atoms. The van der Waals surface area contributed by atoms with Crippen molar-refractivity contribution in [2.75, 3.05) is 54.0 Å². The number of nitrogens with one attached hydrogen (secondary N) is 2. The molecule has 4 heterocycles. The summed E-state index contributed by atoms with van der Waals surface area (Å²) in [7, 11) is 0. The molecule has 2 atom stereocenters. The summed E-state index contributed by atoms with van der Waals surface area (Å²) in [6.45, 7) is 9.56. The molecule has 5 rings (SSSR count). The lowest BCUT2D eigenvalue weighted by atomic mass is 9.73. The SMILES string of the molecule is CC1(C)CCC(CN2CCSC(C(=O)Nc3nnc(N[C@@H]4CCN(c5cccnn5)C4)s3)C2)CC1. The Balaban J connectivity index is 1.08. The van der Waals surface area contributed by atoms with Crippen LogP contribution in [0.3, 0.4) is 0 Å². The number of rotatable bonds is 7. The number of thioether (sulfide) groups is 1. The average molecular weight is 517 g/mol. The van der Waals surface area contributed by atoms with Gasteiger partial charge in [0.25, 0.3) is 0 Å². The zero-order valence-corrected chi connectivity index (χ0v) is 22.3. The van der Waals surface area contributed by atoms with Crippen LogP contribution in [0.5, 0.6) is 0 Å². The van der Waals surface area contributed by atoms with Gasteiger partial charge in [0.15, 0.2) is 5.82 Å². The molecule has 2 aromatic rings. The standard InChI is InChI=1S/C24H36N8OS2/c1-24(2)8-5-17(6-9-24)14-31-12-13-34-19(16-31)21(33)27-23-30-29-22(35-23)26-18-7-11-32(15-18)20-4-3-10-25-28-20/h3-4,10,17-19H,5-9,11-16H2,1-2H3,(H,26,29)(H,27,30,33)/t18-,19?/m1/s1. The fourth-order valence-corrected chi connectivity index (χ4v) is 7.17. The van der Waals surface area contributed by atoms with Gasteiger partial charge < -0.3 is 15.1 Å². The summed E-state index contributed by atoms with van der Waals surface area (Å²) < 4.78 is 0. The van der Waals surface area contributed by atoms with E-state index in [-0.39, 0.29) is 17.2 Å². The molecule has 2 aromatic heterocycles. The Kier molecular flexibility index (Phi) is 7.74. The molecule has 190 valence electrons. The van der Waals surface area contributed by atoms with Gasteiger partial charge >= 0.3 is 0 Å². The van der Waals surface area contributed by atoms with Gasteiger partial charge in [-0.25, -0.2) is 0 Å². The zero-order valence-electron chi connectivity index (χ0n) is 20.7. The van der Waals surface area contributed by atoms with Crippen LogP contribution in [0.1, 0.15) is 46.0 Å². The number of carbonyl (C=O) groups is 1. The molecule has 35 heavy (non-hydrogen) atoms. The summed E-state index contributed by atoms with van der Waals surface area (Å²) in [6.07, 6.45) is 7.93. The van der Waals surface area contributed by atoms with E-state index in [9.17, 15) is 4.79 Å². The fourth-order valence-electron chi connectivity index (χ4n) is 5.27. The van der Waals surface area contributed by atoms with Crippen LogP contribution in [-0.4, -0.2) is 81.0 Å². The van der Waals surface area contributed by atoms with Gasteiger partial charge in [-0.2, -0.15) is 5.10 Å². The summed E-state index contributed by atoms with van der Waals surface area (Å²) in [4.78, 5) is 17.7. The highest BCUT2D eigenvalue weighted by Gasteiger charge is 2.32. The molecule has 0 radical (unpaired) electrons. The van der Waals surface area contributed by atoms with Gasteiger partial charge in [0.1, 0.15) is 0 Å². The quantitative estimate of drug-likeness (QED) is 0.572. The number of carbonyl (C=O) groups excluding carboxylic acids is 1. The molecule has 9 nitrogen and oxygen atoms in total. The number of anilines is 3. The third-order valence-electron chi connectivity index (χ3n) is 7.47. The predicted octanol–water partition coefficient (Wildman–Crippen LogP) is 3.59. The second-order valence-corrected chi connectivity index (χ2v) is 13.1. The second-order valence-electron chi connectivity index (χ2n) is 10.8. The van der Waals surface area contributed by atoms with Gasteiger partial charge in [-0.15, -0.1) is 27.1 Å². The summed E-state index contributed by atoms with van der Waals surface area (Å²) >= 11 is 3.16. The first kappa shape index (κ1) is 24.7.